The van der Waals surface area contributed by atoms with Gasteiger partial charge < -0.3 is 15.0 Å². The highest BCUT2D eigenvalue weighted by Crippen LogP contribution is 2.21. The van der Waals surface area contributed by atoms with Crippen LogP contribution in [0.1, 0.15) is 10.5 Å². The summed E-state index contributed by atoms with van der Waals surface area (Å²) in [5.74, 6) is -0.327. The number of amides is 1. The van der Waals surface area contributed by atoms with Gasteiger partial charge in [0.2, 0.25) is 10.0 Å². The molecule has 4 rings (SSSR count). The van der Waals surface area contributed by atoms with Gasteiger partial charge in [-0.15, -0.1) is 0 Å². The number of benzene rings is 2. The summed E-state index contributed by atoms with van der Waals surface area (Å²) in [6.45, 7) is 1.42. The molecule has 7 nitrogen and oxygen atoms in total. The van der Waals surface area contributed by atoms with E-state index >= 15 is 0 Å². The third-order valence-electron chi connectivity index (χ3n) is 4.47. The van der Waals surface area contributed by atoms with E-state index in [0.717, 1.165) is 10.9 Å². The molecule has 8 heteroatoms. The van der Waals surface area contributed by atoms with Crippen LogP contribution in [-0.4, -0.2) is 49.9 Å². The van der Waals surface area contributed by atoms with Crippen LogP contribution in [0.25, 0.3) is 10.9 Å². The molecular weight excluding hydrogens is 366 g/mol. The average Bonchev–Trinajstić information content (AvgIpc) is 3.13. The Morgan fingerprint density at radius 1 is 1.04 bits per heavy atom. The Morgan fingerprint density at radius 2 is 1.81 bits per heavy atom. The normalized spacial score (nSPS) is 15.7. The SMILES string of the molecule is O=C(Nc1cccc(S(=O)(=O)N2CCOCC2)c1)c1cc2ccccc2[nH]1. The maximum absolute atomic E-state index is 12.8. The van der Waals surface area contributed by atoms with E-state index < -0.39 is 10.0 Å². The zero-order valence-electron chi connectivity index (χ0n) is 14.5. The lowest BCUT2D eigenvalue weighted by Crippen LogP contribution is -2.40. The number of aromatic amines is 1. The first-order chi connectivity index (χ1) is 13.0. The molecule has 0 spiro atoms. The molecule has 1 aromatic heterocycles. The Bertz CT molecular complexity index is 1050. The Labute approximate surface area is 157 Å². The van der Waals surface area contributed by atoms with Crippen LogP contribution in [0.15, 0.2) is 59.5 Å². The Morgan fingerprint density at radius 3 is 2.59 bits per heavy atom. The lowest BCUT2D eigenvalue weighted by atomic mass is 10.2. The van der Waals surface area contributed by atoms with E-state index in [-0.39, 0.29) is 10.8 Å². The number of nitrogens with zero attached hydrogens (tertiary/aromatic N) is 1. The summed E-state index contributed by atoms with van der Waals surface area (Å²) < 4.78 is 32.1. The fraction of sp³-hybridized carbons (Fsp3) is 0.211. The molecule has 2 aromatic carbocycles. The average molecular weight is 385 g/mol. The van der Waals surface area contributed by atoms with E-state index in [9.17, 15) is 13.2 Å². The third-order valence-corrected chi connectivity index (χ3v) is 6.37. The van der Waals surface area contributed by atoms with Gasteiger partial charge in [0.25, 0.3) is 5.91 Å². The van der Waals surface area contributed by atoms with Crippen molar-refractivity contribution in [3.8, 4) is 0 Å². The standard InChI is InChI=1S/C19H19N3O4S/c23-19(18-12-14-4-1-2-7-17(14)21-18)20-15-5-3-6-16(13-15)27(24,25)22-8-10-26-11-9-22/h1-7,12-13,21H,8-11H2,(H,20,23). The van der Waals surface area contributed by atoms with Gasteiger partial charge in [0, 0.05) is 29.7 Å². The van der Waals surface area contributed by atoms with Crippen molar-refractivity contribution in [2.75, 3.05) is 31.6 Å². The number of rotatable bonds is 4. The highest BCUT2D eigenvalue weighted by atomic mass is 32.2. The van der Waals surface area contributed by atoms with E-state index in [1.807, 2.05) is 24.3 Å². The smallest absolute Gasteiger partial charge is 0.272 e. The number of morpholine rings is 1. The quantitative estimate of drug-likeness (QED) is 0.722. The minimum atomic E-state index is -3.61. The minimum Gasteiger partial charge on any atom is -0.379 e. The van der Waals surface area contributed by atoms with Gasteiger partial charge >= 0.3 is 0 Å². The number of anilines is 1. The van der Waals surface area contributed by atoms with Gasteiger partial charge in [-0.05, 0) is 30.3 Å². The van der Waals surface area contributed by atoms with Crippen LogP contribution >= 0.6 is 0 Å². The van der Waals surface area contributed by atoms with E-state index in [1.54, 1.807) is 18.2 Å². The summed E-state index contributed by atoms with van der Waals surface area (Å²) in [5, 5.41) is 3.69. The summed E-state index contributed by atoms with van der Waals surface area (Å²) in [4.78, 5) is 15.7. The number of para-hydroxylation sites is 1. The van der Waals surface area contributed by atoms with Crippen molar-refractivity contribution in [2.24, 2.45) is 0 Å². The molecule has 0 bridgehead atoms. The molecular formula is C19H19N3O4S. The topological polar surface area (TPSA) is 91.5 Å². The van der Waals surface area contributed by atoms with Gasteiger partial charge in [0.15, 0.2) is 0 Å². The number of ether oxygens (including phenoxy) is 1. The number of hydrogen-bond acceptors (Lipinski definition) is 4. The Hall–Kier alpha value is -2.68. The Balaban J connectivity index is 1.56. The predicted octanol–water partition coefficient (Wildman–Crippen LogP) is 2.44. The van der Waals surface area contributed by atoms with Gasteiger partial charge in [-0.1, -0.05) is 24.3 Å². The lowest BCUT2D eigenvalue weighted by Gasteiger charge is -2.26. The fourth-order valence-corrected chi connectivity index (χ4v) is 4.52. The number of carbonyl (C=O) groups excluding carboxylic acids is 1. The molecule has 1 fully saturated rings. The molecule has 0 saturated carbocycles. The zero-order chi connectivity index (χ0) is 18.9. The van der Waals surface area contributed by atoms with Crippen molar-refractivity contribution in [3.63, 3.8) is 0 Å². The summed E-state index contributed by atoms with van der Waals surface area (Å²) in [6, 6.07) is 15.7. The van der Waals surface area contributed by atoms with Crippen molar-refractivity contribution in [1.29, 1.82) is 0 Å². The van der Waals surface area contributed by atoms with Crippen LogP contribution in [0.5, 0.6) is 0 Å². The number of aromatic nitrogens is 1. The third kappa shape index (κ3) is 3.59. The molecule has 2 heterocycles. The molecule has 3 aromatic rings. The molecule has 1 aliphatic heterocycles. The van der Waals surface area contributed by atoms with E-state index in [0.29, 0.717) is 37.7 Å². The summed E-state index contributed by atoms with van der Waals surface area (Å²) in [7, 11) is -3.61. The molecule has 140 valence electrons. The van der Waals surface area contributed by atoms with Crippen molar-refractivity contribution in [2.45, 2.75) is 4.90 Å². The van der Waals surface area contributed by atoms with Crippen LogP contribution in [0, 0.1) is 0 Å². The molecule has 1 saturated heterocycles. The van der Waals surface area contributed by atoms with Gasteiger partial charge in [0.1, 0.15) is 5.69 Å². The lowest BCUT2D eigenvalue weighted by molar-refractivity contribution is 0.0730. The first-order valence-electron chi connectivity index (χ1n) is 8.61. The number of nitrogens with one attached hydrogen (secondary N) is 2. The summed E-state index contributed by atoms with van der Waals surface area (Å²) in [5.41, 5.74) is 1.71. The molecule has 1 aliphatic rings. The monoisotopic (exact) mass is 385 g/mol. The Kier molecular flexibility index (Phi) is 4.69. The molecule has 0 aliphatic carbocycles. The predicted molar refractivity (Wildman–Crippen MR) is 102 cm³/mol. The van der Waals surface area contributed by atoms with Crippen molar-refractivity contribution in [3.05, 3.63) is 60.3 Å². The second kappa shape index (κ2) is 7.15. The van der Waals surface area contributed by atoms with Crippen LogP contribution in [0.2, 0.25) is 0 Å². The zero-order valence-corrected chi connectivity index (χ0v) is 15.3. The van der Waals surface area contributed by atoms with Gasteiger partial charge in [-0.25, -0.2) is 8.42 Å². The van der Waals surface area contributed by atoms with Gasteiger partial charge in [-0.3, -0.25) is 4.79 Å². The van der Waals surface area contributed by atoms with Crippen LogP contribution < -0.4 is 5.32 Å². The first-order valence-corrected chi connectivity index (χ1v) is 10.1. The van der Waals surface area contributed by atoms with Crippen molar-refractivity contribution in [1.82, 2.24) is 9.29 Å². The maximum Gasteiger partial charge on any atom is 0.272 e. The molecule has 0 unspecified atom stereocenters. The van der Waals surface area contributed by atoms with Gasteiger partial charge in [-0.2, -0.15) is 4.31 Å². The van der Waals surface area contributed by atoms with Crippen molar-refractivity contribution < 1.29 is 17.9 Å². The van der Waals surface area contributed by atoms with Crippen molar-refractivity contribution >= 4 is 32.5 Å². The van der Waals surface area contributed by atoms with Gasteiger partial charge in [0.05, 0.1) is 18.1 Å². The van der Waals surface area contributed by atoms with Crippen LogP contribution in [0.3, 0.4) is 0 Å². The maximum atomic E-state index is 12.8. The van der Waals surface area contributed by atoms with Crippen LogP contribution in [-0.2, 0) is 14.8 Å². The molecule has 2 N–H and O–H groups in total. The number of hydrogen-bond donors (Lipinski definition) is 2. The molecule has 27 heavy (non-hydrogen) atoms. The number of fused-ring (bicyclic) bond motifs is 1. The largest absolute Gasteiger partial charge is 0.379 e. The number of sulfonamides is 1. The highest BCUT2D eigenvalue weighted by Gasteiger charge is 2.26. The summed E-state index contributed by atoms with van der Waals surface area (Å²) >= 11 is 0. The number of carbonyl (C=O) groups is 1. The molecule has 1 amide bonds. The molecule has 0 radical (unpaired) electrons. The molecule has 0 atom stereocenters. The van der Waals surface area contributed by atoms with Crippen LogP contribution in [0.4, 0.5) is 5.69 Å². The fourth-order valence-electron chi connectivity index (χ4n) is 3.06. The van der Waals surface area contributed by atoms with E-state index in [4.69, 9.17) is 4.74 Å². The summed E-state index contributed by atoms with van der Waals surface area (Å²) in [6.07, 6.45) is 0. The van der Waals surface area contributed by atoms with E-state index in [1.165, 1.54) is 16.4 Å². The second-order valence-electron chi connectivity index (χ2n) is 6.27. The van der Waals surface area contributed by atoms with E-state index in [2.05, 4.69) is 10.3 Å². The first kappa shape index (κ1) is 17.7. The minimum absolute atomic E-state index is 0.152. The second-order valence-corrected chi connectivity index (χ2v) is 8.21. The number of H-pyrrole nitrogens is 1. The highest BCUT2D eigenvalue weighted by molar-refractivity contribution is 7.89.